The number of hydrogen-bond acceptors (Lipinski definition) is 5. The van der Waals surface area contributed by atoms with Crippen LogP contribution in [0.15, 0.2) is 43.0 Å². The van der Waals surface area contributed by atoms with E-state index in [0.717, 1.165) is 62.3 Å². The summed E-state index contributed by atoms with van der Waals surface area (Å²) >= 11 is 0. The molecule has 2 fully saturated rings. The molecule has 0 spiro atoms. The van der Waals surface area contributed by atoms with Crippen molar-refractivity contribution in [3.63, 3.8) is 0 Å². The van der Waals surface area contributed by atoms with Gasteiger partial charge in [0, 0.05) is 50.3 Å². The van der Waals surface area contributed by atoms with Crippen LogP contribution in [0.2, 0.25) is 0 Å². The molecule has 0 saturated carbocycles. The van der Waals surface area contributed by atoms with E-state index in [1.807, 2.05) is 42.3 Å². The van der Waals surface area contributed by atoms with E-state index in [2.05, 4.69) is 37.0 Å². The van der Waals surface area contributed by atoms with Gasteiger partial charge >= 0.3 is 0 Å². The first-order chi connectivity index (χ1) is 14.2. The minimum atomic E-state index is 0.142. The number of aromatic nitrogens is 4. The number of pyridine rings is 1. The Balaban J connectivity index is 1.19. The molecule has 5 rings (SSSR count). The normalized spacial score (nSPS) is 21.8. The van der Waals surface area contributed by atoms with Gasteiger partial charge in [-0.3, -0.25) is 4.79 Å². The van der Waals surface area contributed by atoms with Gasteiger partial charge in [0.2, 0.25) is 11.9 Å². The second-order valence-corrected chi connectivity index (χ2v) is 8.21. The van der Waals surface area contributed by atoms with Crippen LogP contribution < -0.4 is 4.90 Å². The Morgan fingerprint density at radius 1 is 1.17 bits per heavy atom. The van der Waals surface area contributed by atoms with Crippen molar-refractivity contribution >= 4 is 17.4 Å². The third-order valence-electron chi connectivity index (χ3n) is 6.24. The van der Waals surface area contributed by atoms with E-state index in [1.54, 1.807) is 0 Å². The van der Waals surface area contributed by atoms with Crippen LogP contribution in [0.5, 0.6) is 0 Å². The summed E-state index contributed by atoms with van der Waals surface area (Å²) in [7, 11) is 0. The highest BCUT2D eigenvalue weighted by atomic mass is 16.2. The van der Waals surface area contributed by atoms with Crippen LogP contribution in [0, 0.1) is 12.8 Å². The van der Waals surface area contributed by atoms with Crippen LogP contribution in [0.25, 0.3) is 5.52 Å². The van der Waals surface area contributed by atoms with Crippen molar-refractivity contribution in [3.05, 3.63) is 54.1 Å². The van der Waals surface area contributed by atoms with Crippen LogP contribution in [-0.2, 0) is 11.2 Å². The van der Waals surface area contributed by atoms with E-state index in [4.69, 9.17) is 0 Å². The molecule has 0 radical (unpaired) electrons. The fourth-order valence-electron chi connectivity index (χ4n) is 4.75. The SMILES string of the molecule is Cc1cnc(N2CCN3C(=O)[C@@H](CCCc4cccn5nccc45)C[C@H]3C2)nc1. The standard InChI is InChI=1S/C22H26N6O/c1-16-13-23-22(24-14-16)26-10-11-27-19(15-26)12-18(21(27)29)5-2-4-17-6-3-9-28-20(17)7-8-25-28/h3,6-9,13-14,18-19H,2,4-5,10-12,15H2,1H3/t18-,19-/m0/s1. The van der Waals surface area contributed by atoms with E-state index in [1.165, 1.54) is 5.56 Å². The quantitative estimate of drug-likeness (QED) is 0.670. The molecule has 0 unspecified atom stereocenters. The second kappa shape index (κ2) is 7.46. The van der Waals surface area contributed by atoms with Gasteiger partial charge in [-0.15, -0.1) is 0 Å². The maximum atomic E-state index is 12.9. The van der Waals surface area contributed by atoms with Crippen molar-refractivity contribution in [2.24, 2.45) is 5.92 Å². The van der Waals surface area contributed by atoms with Gasteiger partial charge in [-0.05, 0) is 55.9 Å². The van der Waals surface area contributed by atoms with Gasteiger partial charge in [-0.1, -0.05) is 6.07 Å². The zero-order chi connectivity index (χ0) is 19.8. The van der Waals surface area contributed by atoms with Crippen molar-refractivity contribution in [2.75, 3.05) is 24.5 Å². The lowest BCUT2D eigenvalue weighted by atomic mass is 9.96. The van der Waals surface area contributed by atoms with E-state index in [0.29, 0.717) is 5.91 Å². The van der Waals surface area contributed by atoms with E-state index >= 15 is 0 Å². The van der Waals surface area contributed by atoms with Gasteiger partial charge in [-0.2, -0.15) is 5.10 Å². The number of hydrogen-bond donors (Lipinski definition) is 0. The lowest BCUT2D eigenvalue weighted by Gasteiger charge is -2.37. The fraction of sp³-hybridized carbons (Fsp3) is 0.455. The summed E-state index contributed by atoms with van der Waals surface area (Å²) in [6.07, 6.45) is 11.4. The Bertz CT molecular complexity index is 1010. The summed E-state index contributed by atoms with van der Waals surface area (Å²) in [5, 5.41) is 4.30. The molecule has 3 aromatic rings. The first-order valence-electron chi connectivity index (χ1n) is 10.4. The van der Waals surface area contributed by atoms with Crippen LogP contribution in [0.3, 0.4) is 0 Å². The molecule has 0 aliphatic carbocycles. The van der Waals surface area contributed by atoms with Crippen LogP contribution in [-0.4, -0.2) is 56.1 Å². The van der Waals surface area contributed by atoms with E-state index in [-0.39, 0.29) is 12.0 Å². The Labute approximate surface area is 170 Å². The predicted octanol–water partition coefficient (Wildman–Crippen LogP) is 2.49. The molecular weight excluding hydrogens is 364 g/mol. The highest BCUT2D eigenvalue weighted by Crippen LogP contribution is 2.32. The summed E-state index contributed by atoms with van der Waals surface area (Å²) in [4.78, 5) is 26.1. The monoisotopic (exact) mass is 390 g/mol. The summed E-state index contributed by atoms with van der Waals surface area (Å²) in [5.41, 5.74) is 3.53. The minimum Gasteiger partial charge on any atom is -0.337 e. The number of anilines is 1. The molecule has 1 amide bonds. The number of carbonyl (C=O) groups excluding carboxylic acids is 1. The maximum Gasteiger partial charge on any atom is 0.226 e. The molecule has 7 nitrogen and oxygen atoms in total. The van der Waals surface area contributed by atoms with Crippen molar-refractivity contribution in [3.8, 4) is 0 Å². The van der Waals surface area contributed by atoms with Gasteiger partial charge in [0.15, 0.2) is 0 Å². The number of nitrogens with zero attached hydrogens (tertiary/aromatic N) is 6. The third-order valence-corrected chi connectivity index (χ3v) is 6.24. The molecule has 150 valence electrons. The smallest absolute Gasteiger partial charge is 0.226 e. The number of carbonyl (C=O) groups is 1. The molecule has 0 bridgehead atoms. The van der Waals surface area contributed by atoms with Crippen molar-refractivity contribution in [1.29, 1.82) is 0 Å². The van der Waals surface area contributed by atoms with Gasteiger partial charge in [0.05, 0.1) is 11.6 Å². The minimum absolute atomic E-state index is 0.142. The number of rotatable bonds is 5. The number of fused-ring (bicyclic) bond motifs is 2. The van der Waals surface area contributed by atoms with E-state index in [9.17, 15) is 4.79 Å². The molecule has 5 heterocycles. The number of piperazine rings is 1. The van der Waals surface area contributed by atoms with Crippen molar-refractivity contribution in [1.82, 2.24) is 24.5 Å². The first-order valence-corrected chi connectivity index (χ1v) is 10.4. The number of aryl methyl sites for hydroxylation is 2. The van der Waals surface area contributed by atoms with Gasteiger partial charge < -0.3 is 9.80 Å². The van der Waals surface area contributed by atoms with Crippen molar-refractivity contribution < 1.29 is 4.79 Å². The van der Waals surface area contributed by atoms with Crippen LogP contribution in [0.4, 0.5) is 5.95 Å². The lowest BCUT2D eigenvalue weighted by Crippen LogP contribution is -2.52. The average molecular weight is 390 g/mol. The van der Waals surface area contributed by atoms with Crippen molar-refractivity contribution in [2.45, 2.75) is 38.6 Å². The molecular formula is C22H26N6O. The zero-order valence-electron chi connectivity index (χ0n) is 16.7. The molecule has 3 aromatic heterocycles. The Kier molecular flexibility index (Phi) is 4.66. The largest absolute Gasteiger partial charge is 0.337 e. The summed E-state index contributed by atoms with van der Waals surface area (Å²) < 4.78 is 1.91. The highest BCUT2D eigenvalue weighted by molar-refractivity contribution is 5.82. The summed E-state index contributed by atoms with van der Waals surface area (Å²) in [6.45, 7) is 4.41. The van der Waals surface area contributed by atoms with Crippen LogP contribution >= 0.6 is 0 Å². The Morgan fingerprint density at radius 3 is 2.90 bits per heavy atom. The Hall–Kier alpha value is -2.96. The molecule has 29 heavy (non-hydrogen) atoms. The summed E-state index contributed by atoms with van der Waals surface area (Å²) in [5.74, 6) is 1.26. The molecule has 7 heteroatoms. The number of amides is 1. The van der Waals surface area contributed by atoms with Gasteiger partial charge in [0.25, 0.3) is 0 Å². The fourth-order valence-corrected chi connectivity index (χ4v) is 4.75. The molecule has 0 aromatic carbocycles. The lowest BCUT2D eigenvalue weighted by molar-refractivity contribution is -0.132. The summed E-state index contributed by atoms with van der Waals surface area (Å²) in [6, 6.07) is 6.54. The third kappa shape index (κ3) is 3.45. The van der Waals surface area contributed by atoms with Gasteiger partial charge in [-0.25, -0.2) is 14.5 Å². The Morgan fingerprint density at radius 2 is 2.03 bits per heavy atom. The molecule has 0 N–H and O–H groups in total. The molecule has 2 atom stereocenters. The maximum absolute atomic E-state index is 12.9. The molecule has 2 saturated heterocycles. The highest BCUT2D eigenvalue weighted by Gasteiger charge is 2.42. The predicted molar refractivity (Wildman–Crippen MR) is 111 cm³/mol. The van der Waals surface area contributed by atoms with E-state index < -0.39 is 0 Å². The second-order valence-electron chi connectivity index (χ2n) is 8.21. The molecule has 2 aliphatic heterocycles. The topological polar surface area (TPSA) is 66.6 Å². The molecule has 2 aliphatic rings. The van der Waals surface area contributed by atoms with Gasteiger partial charge in [0.1, 0.15) is 0 Å². The zero-order valence-corrected chi connectivity index (χ0v) is 16.7. The van der Waals surface area contributed by atoms with Crippen LogP contribution in [0.1, 0.15) is 30.4 Å². The average Bonchev–Trinajstić information content (AvgIpc) is 3.34. The first kappa shape index (κ1) is 18.1.